The van der Waals surface area contributed by atoms with Crippen molar-refractivity contribution in [3.05, 3.63) is 59.1 Å². The van der Waals surface area contributed by atoms with Gasteiger partial charge in [0, 0.05) is 12.1 Å². The highest BCUT2D eigenvalue weighted by Crippen LogP contribution is 2.29. The Morgan fingerprint density at radius 1 is 1.21 bits per heavy atom. The van der Waals surface area contributed by atoms with E-state index in [0.717, 1.165) is 29.5 Å². The zero-order valence-electron chi connectivity index (χ0n) is 16.1. The van der Waals surface area contributed by atoms with E-state index in [9.17, 15) is 4.79 Å². The smallest absolute Gasteiger partial charge is 0.237 e. The first kappa shape index (κ1) is 20.4. The molecule has 0 aliphatic heterocycles. The number of carbonyl (C=O) groups is 1. The molecule has 146 valence electrons. The average molecular weight is 415 g/mol. The van der Waals surface area contributed by atoms with Crippen LogP contribution in [0.1, 0.15) is 25.8 Å². The van der Waals surface area contributed by atoms with E-state index in [1.165, 1.54) is 17.3 Å². The van der Waals surface area contributed by atoms with Crippen molar-refractivity contribution in [3.63, 3.8) is 0 Å². The Hall–Kier alpha value is -2.31. The molecule has 1 N–H and O–H groups in total. The summed E-state index contributed by atoms with van der Waals surface area (Å²) in [6, 6.07) is 15.4. The maximum absolute atomic E-state index is 12.6. The summed E-state index contributed by atoms with van der Waals surface area (Å²) in [4.78, 5) is 12.6. The average Bonchev–Trinajstić information content (AvgIpc) is 3.06. The summed E-state index contributed by atoms with van der Waals surface area (Å²) < 4.78 is 2.08. The van der Waals surface area contributed by atoms with Gasteiger partial charge in [0.2, 0.25) is 5.91 Å². The molecule has 1 aromatic heterocycles. The van der Waals surface area contributed by atoms with E-state index in [4.69, 9.17) is 11.6 Å². The quantitative estimate of drug-likeness (QED) is 0.523. The molecule has 1 unspecified atom stereocenters. The molecule has 0 bridgehead atoms. The number of aryl methyl sites for hydroxylation is 1. The number of hydrogen-bond acceptors (Lipinski definition) is 4. The van der Waals surface area contributed by atoms with Crippen molar-refractivity contribution in [2.75, 3.05) is 5.32 Å². The Labute approximate surface area is 174 Å². The zero-order chi connectivity index (χ0) is 20.1. The fourth-order valence-electron chi connectivity index (χ4n) is 2.81. The Bertz CT molecular complexity index is 973. The Morgan fingerprint density at radius 3 is 2.71 bits per heavy atom. The molecule has 3 aromatic rings. The normalized spacial score (nSPS) is 12.0. The van der Waals surface area contributed by atoms with Crippen LogP contribution in [-0.2, 0) is 11.3 Å². The predicted molar refractivity (Wildman–Crippen MR) is 116 cm³/mol. The SMILES string of the molecule is CCCn1c(SC(C)C(=O)Nc2ccccc2Cl)nnc1-c1cccc(C)c1. The largest absolute Gasteiger partial charge is 0.324 e. The highest BCUT2D eigenvalue weighted by Gasteiger charge is 2.21. The van der Waals surface area contributed by atoms with E-state index in [-0.39, 0.29) is 11.2 Å². The highest BCUT2D eigenvalue weighted by molar-refractivity contribution is 8.00. The van der Waals surface area contributed by atoms with Crippen LogP contribution < -0.4 is 5.32 Å². The van der Waals surface area contributed by atoms with Gasteiger partial charge in [-0.2, -0.15) is 0 Å². The number of anilines is 1. The molecule has 7 heteroatoms. The van der Waals surface area contributed by atoms with Crippen LogP contribution in [0, 0.1) is 6.92 Å². The lowest BCUT2D eigenvalue weighted by Crippen LogP contribution is -2.23. The number of aromatic nitrogens is 3. The Kier molecular flexibility index (Phi) is 6.75. The lowest BCUT2D eigenvalue weighted by atomic mass is 10.1. The molecule has 1 amide bonds. The van der Waals surface area contributed by atoms with E-state index < -0.39 is 0 Å². The van der Waals surface area contributed by atoms with Crippen molar-refractivity contribution in [1.82, 2.24) is 14.8 Å². The van der Waals surface area contributed by atoms with Crippen molar-refractivity contribution in [2.24, 2.45) is 0 Å². The van der Waals surface area contributed by atoms with Gasteiger partial charge >= 0.3 is 0 Å². The summed E-state index contributed by atoms with van der Waals surface area (Å²) in [5.74, 6) is 0.702. The number of carbonyl (C=O) groups excluding carboxylic acids is 1. The number of thioether (sulfide) groups is 1. The van der Waals surface area contributed by atoms with Gasteiger partial charge < -0.3 is 9.88 Å². The van der Waals surface area contributed by atoms with Crippen LogP contribution in [-0.4, -0.2) is 25.9 Å². The van der Waals surface area contributed by atoms with Crippen molar-refractivity contribution in [1.29, 1.82) is 0 Å². The third kappa shape index (κ3) is 4.75. The molecule has 3 rings (SSSR count). The number of hydrogen-bond donors (Lipinski definition) is 1. The van der Waals surface area contributed by atoms with E-state index >= 15 is 0 Å². The number of amides is 1. The lowest BCUT2D eigenvalue weighted by molar-refractivity contribution is -0.115. The van der Waals surface area contributed by atoms with Crippen LogP contribution in [0.4, 0.5) is 5.69 Å². The van der Waals surface area contributed by atoms with Crippen LogP contribution in [0.15, 0.2) is 53.7 Å². The summed E-state index contributed by atoms with van der Waals surface area (Å²) in [6.45, 7) is 6.81. The number of para-hydroxylation sites is 1. The van der Waals surface area contributed by atoms with Crippen molar-refractivity contribution in [3.8, 4) is 11.4 Å². The fraction of sp³-hybridized carbons (Fsp3) is 0.286. The van der Waals surface area contributed by atoms with Crippen molar-refractivity contribution >= 4 is 35.0 Å². The molecule has 0 radical (unpaired) electrons. The van der Waals surface area contributed by atoms with Gasteiger partial charge in [-0.25, -0.2) is 0 Å². The molecule has 0 spiro atoms. The van der Waals surface area contributed by atoms with Gasteiger partial charge in [0.25, 0.3) is 0 Å². The van der Waals surface area contributed by atoms with Crippen LogP contribution in [0.2, 0.25) is 5.02 Å². The maximum atomic E-state index is 12.6. The number of benzene rings is 2. The number of rotatable bonds is 7. The molecule has 0 saturated carbocycles. The molecular formula is C21H23ClN4OS. The molecule has 28 heavy (non-hydrogen) atoms. The molecule has 0 aliphatic rings. The van der Waals surface area contributed by atoms with Crippen molar-refractivity contribution in [2.45, 2.75) is 44.1 Å². The summed E-state index contributed by atoms with van der Waals surface area (Å²) in [5, 5.41) is 12.5. The van der Waals surface area contributed by atoms with Gasteiger partial charge in [0.05, 0.1) is 16.0 Å². The van der Waals surface area contributed by atoms with Crippen LogP contribution >= 0.6 is 23.4 Å². The van der Waals surface area contributed by atoms with Crippen LogP contribution in [0.5, 0.6) is 0 Å². The first-order valence-corrected chi connectivity index (χ1v) is 10.5. The molecule has 0 saturated heterocycles. The zero-order valence-corrected chi connectivity index (χ0v) is 17.7. The van der Waals surface area contributed by atoms with Gasteiger partial charge in [-0.3, -0.25) is 4.79 Å². The van der Waals surface area contributed by atoms with E-state index in [2.05, 4.69) is 46.1 Å². The van der Waals surface area contributed by atoms with Gasteiger partial charge in [-0.15, -0.1) is 10.2 Å². The minimum absolute atomic E-state index is 0.124. The van der Waals surface area contributed by atoms with E-state index in [0.29, 0.717) is 10.7 Å². The summed E-state index contributed by atoms with van der Waals surface area (Å²) in [5.41, 5.74) is 2.81. The monoisotopic (exact) mass is 414 g/mol. The van der Waals surface area contributed by atoms with Gasteiger partial charge in [-0.1, -0.05) is 66.2 Å². The minimum Gasteiger partial charge on any atom is -0.324 e. The second kappa shape index (κ2) is 9.26. The second-order valence-electron chi connectivity index (χ2n) is 6.56. The third-order valence-electron chi connectivity index (χ3n) is 4.22. The highest BCUT2D eigenvalue weighted by atomic mass is 35.5. The van der Waals surface area contributed by atoms with E-state index in [1.807, 2.05) is 31.2 Å². The number of nitrogens with zero attached hydrogens (tertiary/aromatic N) is 3. The molecule has 1 atom stereocenters. The Balaban J connectivity index is 1.79. The standard InChI is InChI=1S/C21H23ClN4OS/c1-4-12-26-19(16-9-7-8-14(2)13-16)24-25-21(26)28-15(3)20(27)23-18-11-6-5-10-17(18)22/h5-11,13,15H,4,12H2,1-3H3,(H,23,27). The molecule has 0 aliphatic carbocycles. The van der Waals surface area contributed by atoms with Gasteiger partial charge in [0.1, 0.15) is 0 Å². The number of halogens is 1. The second-order valence-corrected chi connectivity index (χ2v) is 8.27. The van der Waals surface area contributed by atoms with Crippen LogP contribution in [0.3, 0.4) is 0 Å². The molecule has 5 nitrogen and oxygen atoms in total. The summed E-state index contributed by atoms with van der Waals surface area (Å²) >= 11 is 7.53. The van der Waals surface area contributed by atoms with Gasteiger partial charge in [0.15, 0.2) is 11.0 Å². The molecular weight excluding hydrogens is 392 g/mol. The molecule has 2 aromatic carbocycles. The first-order chi connectivity index (χ1) is 13.5. The third-order valence-corrected chi connectivity index (χ3v) is 5.63. The maximum Gasteiger partial charge on any atom is 0.237 e. The van der Waals surface area contributed by atoms with Gasteiger partial charge in [-0.05, 0) is 38.5 Å². The summed E-state index contributed by atoms with van der Waals surface area (Å²) in [6.07, 6.45) is 0.949. The van der Waals surface area contributed by atoms with E-state index in [1.54, 1.807) is 12.1 Å². The lowest BCUT2D eigenvalue weighted by Gasteiger charge is -2.14. The molecule has 0 fully saturated rings. The predicted octanol–water partition coefficient (Wildman–Crippen LogP) is 5.44. The fourth-order valence-corrected chi connectivity index (χ4v) is 3.87. The topological polar surface area (TPSA) is 59.8 Å². The summed E-state index contributed by atoms with van der Waals surface area (Å²) in [7, 11) is 0. The van der Waals surface area contributed by atoms with Crippen LogP contribution in [0.25, 0.3) is 11.4 Å². The van der Waals surface area contributed by atoms with Crippen molar-refractivity contribution < 1.29 is 4.79 Å². The number of nitrogens with one attached hydrogen (secondary N) is 1. The Morgan fingerprint density at radius 2 is 2.00 bits per heavy atom. The first-order valence-electron chi connectivity index (χ1n) is 9.22. The molecule has 1 heterocycles. The minimum atomic E-state index is -0.346.